The maximum Gasteiger partial charge on any atom is 0.227 e. The molecule has 0 bridgehead atoms. The van der Waals surface area contributed by atoms with E-state index in [9.17, 15) is 4.79 Å². The van der Waals surface area contributed by atoms with Gasteiger partial charge in [0.1, 0.15) is 0 Å². The fourth-order valence-electron chi connectivity index (χ4n) is 3.39. The van der Waals surface area contributed by atoms with Crippen LogP contribution in [-0.4, -0.2) is 18.0 Å². The number of amides is 1. The van der Waals surface area contributed by atoms with Gasteiger partial charge in [0, 0.05) is 12.1 Å². The van der Waals surface area contributed by atoms with Crippen molar-refractivity contribution in [2.45, 2.75) is 70.9 Å². The van der Waals surface area contributed by atoms with Gasteiger partial charge in [-0.25, -0.2) is 0 Å². The predicted molar refractivity (Wildman–Crippen MR) is 69.5 cm³/mol. The molecule has 0 aromatic heterocycles. The van der Waals surface area contributed by atoms with E-state index in [1.54, 1.807) is 0 Å². The van der Waals surface area contributed by atoms with E-state index in [0.29, 0.717) is 6.04 Å². The predicted octanol–water partition coefficient (Wildman–Crippen LogP) is 2.20. The summed E-state index contributed by atoms with van der Waals surface area (Å²) in [6.45, 7) is 4.31. The minimum atomic E-state index is -0.319. The quantitative estimate of drug-likeness (QED) is 0.775. The minimum absolute atomic E-state index is 0.0449. The van der Waals surface area contributed by atoms with Gasteiger partial charge in [-0.05, 0) is 38.5 Å². The highest BCUT2D eigenvalue weighted by Gasteiger charge is 2.43. The normalized spacial score (nSPS) is 42.4. The van der Waals surface area contributed by atoms with E-state index in [2.05, 4.69) is 12.2 Å². The molecule has 3 heteroatoms. The summed E-state index contributed by atoms with van der Waals surface area (Å²) in [5, 5.41) is 3.24. The zero-order valence-corrected chi connectivity index (χ0v) is 11.2. The lowest BCUT2D eigenvalue weighted by molar-refractivity contribution is -0.131. The average molecular weight is 238 g/mol. The Labute approximate surface area is 105 Å². The molecule has 2 saturated carbocycles. The van der Waals surface area contributed by atoms with Gasteiger partial charge in [-0.3, -0.25) is 4.79 Å². The fourth-order valence-corrected chi connectivity index (χ4v) is 3.39. The molecular weight excluding hydrogens is 212 g/mol. The van der Waals surface area contributed by atoms with E-state index in [0.717, 1.165) is 38.0 Å². The standard InChI is InChI=1S/C14H26N2O/c1-10-5-3-6-11(9-10)16-13(17)14(2)8-4-7-12(14)15/h10-12H,3-9,15H2,1-2H3,(H,16,17). The third-order valence-electron chi connectivity index (χ3n) is 4.82. The van der Waals surface area contributed by atoms with Crippen molar-refractivity contribution in [3.63, 3.8) is 0 Å². The molecule has 0 aliphatic heterocycles. The van der Waals surface area contributed by atoms with Crippen LogP contribution in [0.4, 0.5) is 0 Å². The molecule has 0 aromatic carbocycles. The van der Waals surface area contributed by atoms with E-state index in [1.165, 1.54) is 12.8 Å². The SMILES string of the molecule is CC1CCCC(NC(=O)C2(C)CCCC2N)C1. The van der Waals surface area contributed by atoms with Crippen molar-refractivity contribution < 1.29 is 4.79 Å². The van der Waals surface area contributed by atoms with Crippen molar-refractivity contribution in [1.82, 2.24) is 5.32 Å². The summed E-state index contributed by atoms with van der Waals surface area (Å²) in [5.74, 6) is 0.945. The Kier molecular flexibility index (Phi) is 3.76. The monoisotopic (exact) mass is 238 g/mol. The molecule has 1 amide bonds. The number of carbonyl (C=O) groups excluding carboxylic acids is 1. The van der Waals surface area contributed by atoms with Gasteiger partial charge in [0.25, 0.3) is 0 Å². The molecule has 4 unspecified atom stereocenters. The highest BCUT2D eigenvalue weighted by Crippen LogP contribution is 2.37. The van der Waals surface area contributed by atoms with E-state index in [-0.39, 0.29) is 17.4 Å². The molecular formula is C14H26N2O. The van der Waals surface area contributed by atoms with Crippen molar-refractivity contribution in [3.8, 4) is 0 Å². The Morgan fingerprint density at radius 2 is 2.06 bits per heavy atom. The summed E-state index contributed by atoms with van der Waals surface area (Å²) in [6.07, 6.45) is 7.86. The first kappa shape index (κ1) is 12.9. The molecule has 3 N–H and O–H groups in total. The Bertz CT molecular complexity index is 292. The first-order valence-electron chi connectivity index (χ1n) is 7.09. The summed E-state index contributed by atoms with van der Waals surface area (Å²) in [5.41, 5.74) is 5.77. The van der Waals surface area contributed by atoms with Gasteiger partial charge in [0.2, 0.25) is 5.91 Å². The number of rotatable bonds is 2. The van der Waals surface area contributed by atoms with Crippen LogP contribution in [-0.2, 0) is 4.79 Å². The van der Waals surface area contributed by atoms with Gasteiger partial charge in [0.15, 0.2) is 0 Å². The summed E-state index contributed by atoms with van der Waals surface area (Å²) in [4.78, 5) is 12.4. The van der Waals surface area contributed by atoms with Gasteiger partial charge in [-0.15, -0.1) is 0 Å². The Balaban J connectivity index is 1.92. The Hall–Kier alpha value is -0.570. The van der Waals surface area contributed by atoms with Gasteiger partial charge < -0.3 is 11.1 Å². The van der Waals surface area contributed by atoms with Gasteiger partial charge >= 0.3 is 0 Å². The third kappa shape index (κ3) is 2.65. The Morgan fingerprint density at radius 3 is 2.65 bits per heavy atom. The van der Waals surface area contributed by atoms with Crippen molar-refractivity contribution in [3.05, 3.63) is 0 Å². The lowest BCUT2D eigenvalue weighted by Crippen LogP contribution is -2.51. The van der Waals surface area contributed by atoms with E-state index < -0.39 is 0 Å². The van der Waals surface area contributed by atoms with Crippen LogP contribution >= 0.6 is 0 Å². The van der Waals surface area contributed by atoms with Crippen LogP contribution in [0.25, 0.3) is 0 Å². The molecule has 0 heterocycles. The van der Waals surface area contributed by atoms with Crippen molar-refractivity contribution in [2.24, 2.45) is 17.1 Å². The molecule has 0 radical (unpaired) electrons. The lowest BCUT2D eigenvalue weighted by Gasteiger charge is -2.33. The zero-order chi connectivity index (χ0) is 12.5. The van der Waals surface area contributed by atoms with Crippen molar-refractivity contribution >= 4 is 5.91 Å². The minimum Gasteiger partial charge on any atom is -0.353 e. The third-order valence-corrected chi connectivity index (χ3v) is 4.82. The van der Waals surface area contributed by atoms with Gasteiger partial charge in [-0.2, -0.15) is 0 Å². The van der Waals surface area contributed by atoms with Gasteiger partial charge in [0.05, 0.1) is 5.41 Å². The molecule has 17 heavy (non-hydrogen) atoms. The maximum atomic E-state index is 12.4. The second-order valence-electron chi connectivity index (χ2n) is 6.36. The first-order chi connectivity index (χ1) is 8.02. The molecule has 2 rings (SSSR count). The Morgan fingerprint density at radius 1 is 1.29 bits per heavy atom. The molecule has 2 fully saturated rings. The van der Waals surface area contributed by atoms with Crippen LogP contribution < -0.4 is 11.1 Å². The van der Waals surface area contributed by atoms with Crippen LogP contribution in [0.15, 0.2) is 0 Å². The number of hydrogen-bond donors (Lipinski definition) is 2. The van der Waals surface area contributed by atoms with Crippen LogP contribution in [0, 0.1) is 11.3 Å². The van der Waals surface area contributed by atoms with E-state index >= 15 is 0 Å². The second-order valence-corrected chi connectivity index (χ2v) is 6.36. The summed E-state index contributed by atoms with van der Waals surface area (Å²) >= 11 is 0. The van der Waals surface area contributed by atoms with Crippen LogP contribution in [0.2, 0.25) is 0 Å². The maximum absolute atomic E-state index is 12.4. The second kappa shape index (κ2) is 4.97. The highest BCUT2D eigenvalue weighted by atomic mass is 16.2. The summed E-state index contributed by atoms with van der Waals surface area (Å²) in [6, 6.07) is 0.430. The average Bonchev–Trinajstić information content (AvgIpc) is 2.60. The summed E-state index contributed by atoms with van der Waals surface area (Å²) < 4.78 is 0. The topological polar surface area (TPSA) is 55.1 Å². The van der Waals surface area contributed by atoms with Gasteiger partial charge in [-0.1, -0.05) is 26.2 Å². The molecule has 0 aromatic rings. The summed E-state index contributed by atoms with van der Waals surface area (Å²) in [7, 11) is 0. The highest BCUT2D eigenvalue weighted by molar-refractivity contribution is 5.83. The number of nitrogens with one attached hydrogen (secondary N) is 1. The number of nitrogens with two attached hydrogens (primary N) is 1. The van der Waals surface area contributed by atoms with Crippen molar-refractivity contribution in [1.29, 1.82) is 0 Å². The largest absolute Gasteiger partial charge is 0.353 e. The van der Waals surface area contributed by atoms with E-state index in [1.807, 2.05) is 6.92 Å². The lowest BCUT2D eigenvalue weighted by atomic mass is 9.82. The number of hydrogen-bond acceptors (Lipinski definition) is 2. The van der Waals surface area contributed by atoms with Crippen molar-refractivity contribution in [2.75, 3.05) is 0 Å². The molecule has 4 atom stereocenters. The molecule has 98 valence electrons. The van der Waals surface area contributed by atoms with E-state index in [4.69, 9.17) is 5.73 Å². The van der Waals surface area contributed by atoms with Crippen LogP contribution in [0.3, 0.4) is 0 Å². The molecule has 3 nitrogen and oxygen atoms in total. The van der Waals surface area contributed by atoms with Crippen LogP contribution in [0.5, 0.6) is 0 Å². The number of carbonyl (C=O) groups is 1. The molecule has 2 aliphatic rings. The first-order valence-corrected chi connectivity index (χ1v) is 7.09. The molecule has 0 spiro atoms. The molecule has 0 saturated heterocycles. The van der Waals surface area contributed by atoms with Crippen LogP contribution in [0.1, 0.15) is 58.8 Å². The fraction of sp³-hybridized carbons (Fsp3) is 0.929. The molecule has 2 aliphatic carbocycles. The smallest absolute Gasteiger partial charge is 0.227 e. The zero-order valence-electron chi connectivity index (χ0n) is 11.2.